The third-order valence-electron chi connectivity index (χ3n) is 3.57. The van der Waals surface area contributed by atoms with Crippen LogP contribution in [0, 0.1) is 11.7 Å². The van der Waals surface area contributed by atoms with Crippen LogP contribution in [0.4, 0.5) is 4.39 Å². The molecule has 0 radical (unpaired) electrons. The highest BCUT2D eigenvalue weighted by atomic mass is 35.5. The third-order valence-corrected chi connectivity index (χ3v) is 5.06. The van der Waals surface area contributed by atoms with Gasteiger partial charge in [0.15, 0.2) is 11.6 Å². The molecule has 1 aliphatic heterocycles. The first kappa shape index (κ1) is 18.2. The number of sulfonamides is 1. The number of piperidine rings is 1. The predicted molar refractivity (Wildman–Crippen MR) is 81.0 cm³/mol. The molecule has 5 nitrogen and oxygen atoms in total. The number of ether oxygens (including phenoxy) is 1. The van der Waals surface area contributed by atoms with Crippen molar-refractivity contribution in [3.63, 3.8) is 0 Å². The van der Waals surface area contributed by atoms with Crippen LogP contribution in [0.1, 0.15) is 13.3 Å². The average Bonchev–Trinajstić information content (AvgIpc) is 2.41. The standard InChI is InChI=1S/C13H19FN2O3S.ClH/c1-9-5-6-15-8-12(9)16-20(17,18)10-3-4-13(19-2)11(14)7-10;/h3-4,7,9,12,15-16H,5-6,8H2,1-2H3;1H. The second kappa shape index (κ2) is 7.40. The molecule has 120 valence electrons. The zero-order valence-electron chi connectivity index (χ0n) is 11.9. The van der Waals surface area contributed by atoms with Crippen LogP contribution in [0.25, 0.3) is 0 Å². The Hall–Kier alpha value is -0.890. The van der Waals surface area contributed by atoms with Crippen molar-refractivity contribution in [3.8, 4) is 5.75 Å². The van der Waals surface area contributed by atoms with Crippen molar-refractivity contribution in [2.45, 2.75) is 24.3 Å². The minimum Gasteiger partial charge on any atom is -0.494 e. The van der Waals surface area contributed by atoms with E-state index in [9.17, 15) is 12.8 Å². The van der Waals surface area contributed by atoms with Crippen molar-refractivity contribution >= 4 is 22.4 Å². The van der Waals surface area contributed by atoms with Crippen LogP contribution in [-0.2, 0) is 10.0 Å². The fourth-order valence-corrected chi connectivity index (χ4v) is 3.59. The van der Waals surface area contributed by atoms with Gasteiger partial charge in [-0.15, -0.1) is 12.4 Å². The van der Waals surface area contributed by atoms with Gasteiger partial charge in [0.2, 0.25) is 10.0 Å². The molecule has 1 aromatic carbocycles. The molecule has 0 spiro atoms. The predicted octanol–water partition coefficient (Wildman–Crippen LogP) is 1.53. The molecular weight excluding hydrogens is 319 g/mol. The summed E-state index contributed by atoms with van der Waals surface area (Å²) in [5.74, 6) is -0.420. The minimum atomic E-state index is -3.73. The van der Waals surface area contributed by atoms with E-state index in [0.717, 1.165) is 19.0 Å². The SMILES string of the molecule is COc1ccc(S(=O)(=O)NC2CNCCC2C)cc1F.Cl. The Morgan fingerprint density at radius 3 is 2.71 bits per heavy atom. The van der Waals surface area contributed by atoms with E-state index < -0.39 is 15.8 Å². The lowest BCUT2D eigenvalue weighted by Gasteiger charge is -2.29. The number of benzene rings is 1. The van der Waals surface area contributed by atoms with E-state index in [4.69, 9.17) is 4.74 Å². The number of rotatable bonds is 4. The highest BCUT2D eigenvalue weighted by Crippen LogP contribution is 2.21. The van der Waals surface area contributed by atoms with Gasteiger partial charge in [0.1, 0.15) is 0 Å². The molecule has 0 bridgehead atoms. The molecule has 1 heterocycles. The monoisotopic (exact) mass is 338 g/mol. The van der Waals surface area contributed by atoms with Crippen molar-refractivity contribution in [1.82, 2.24) is 10.0 Å². The highest BCUT2D eigenvalue weighted by molar-refractivity contribution is 7.89. The van der Waals surface area contributed by atoms with Crippen LogP contribution in [0.2, 0.25) is 0 Å². The molecule has 0 amide bonds. The number of halogens is 2. The molecular formula is C13H20ClFN2O3S. The van der Waals surface area contributed by atoms with E-state index in [-0.39, 0.29) is 35.0 Å². The summed E-state index contributed by atoms with van der Waals surface area (Å²) in [5, 5.41) is 3.15. The first-order valence-electron chi connectivity index (χ1n) is 6.50. The van der Waals surface area contributed by atoms with Gasteiger partial charge in [-0.1, -0.05) is 6.92 Å². The molecule has 2 N–H and O–H groups in total. The fourth-order valence-electron chi connectivity index (χ4n) is 2.23. The normalized spacial score (nSPS) is 22.4. The molecule has 8 heteroatoms. The zero-order valence-corrected chi connectivity index (χ0v) is 13.6. The summed E-state index contributed by atoms with van der Waals surface area (Å²) in [5.41, 5.74) is 0. The summed E-state index contributed by atoms with van der Waals surface area (Å²) in [4.78, 5) is -0.0893. The maximum Gasteiger partial charge on any atom is 0.240 e. The van der Waals surface area contributed by atoms with Gasteiger partial charge in [0.05, 0.1) is 12.0 Å². The second-order valence-electron chi connectivity index (χ2n) is 4.99. The molecule has 1 fully saturated rings. The Morgan fingerprint density at radius 1 is 1.43 bits per heavy atom. The lowest BCUT2D eigenvalue weighted by atomic mass is 9.96. The summed E-state index contributed by atoms with van der Waals surface area (Å²) in [6.07, 6.45) is 0.907. The number of hydrogen-bond acceptors (Lipinski definition) is 4. The summed E-state index contributed by atoms with van der Waals surface area (Å²) < 4.78 is 45.5. The Labute approximate surface area is 130 Å². The maximum atomic E-state index is 13.6. The van der Waals surface area contributed by atoms with Gasteiger partial charge in [-0.05, 0) is 37.1 Å². The Balaban J connectivity index is 0.00000220. The molecule has 21 heavy (non-hydrogen) atoms. The molecule has 1 aliphatic rings. The van der Waals surface area contributed by atoms with E-state index in [1.165, 1.54) is 19.2 Å². The fraction of sp³-hybridized carbons (Fsp3) is 0.538. The van der Waals surface area contributed by atoms with Crippen LogP contribution in [0.3, 0.4) is 0 Å². The highest BCUT2D eigenvalue weighted by Gasteiger charge is 2.27. The smallest absolute Gasteiger partial charge is 0.240 e. The van der Waals surface area contributed by atoms with Gasteiger partial charge in [0, 0.05) is 12.6 Å². The van der Waals surface area contributed by atoms with Gasteiger partial charge < -0.3 is 10.1 Å². The average molecular weight is 339 g/mol. The van der Waals surface area contributed by atoms with Crippen molar-refractivity contribution in [1.29, 1.82) is 0 Å². The van der Waals surface area contributed by atoms with E-state index in [0.29, 0.717) is 6.54 Å². The van der Waals surface area contributed by atoms with E-state index >= 15 is 0 Å². The van der Waals surface area contributed by atoms with Crippen LogP contribution in [0.5, 0.6) is 5.75 Å². The summed E-state index contributed by atoms with van der Waals surface area (Å²) in [6, 6.07) is 3.44. The summed E-state index contributed by atoms with van der Waals surface area (Å²) in [7, 11) is -2.39. The third kappa shape index (κ3) is 4.29. The molecule has 0 aliphatic carbocycles. The van der Waals surface area contributed by atoms with E-state index in [1.807, 2.05) is 6.92 Å². The molecule has 0 aromatic heterocycles. The molecule has 0 saturated carbocycles. The Bertz CT molecular complexity index is 583. The first-order valence-corrected chi connectivity index (χ1v) is 7.99. The Kier molecular flexibility index (Phi) is 6.40. The number of hydrogen-bond donors (Lipinski definition) is 2. The van der Waals surface area contributed by atoms with Crippen LogP contribution in [-0.4, -0.2) is 34.7 Å². The molecule has 2 unspecified atom stereocenters. The Morgan fingerprint density at radius 2 is 2.14 bits per heavy atom. The van der Waals surface area contributed by atoms with Crippen LogP contribution < -0.4 is 14.8 Å². The van der Waals surface area contributed by atoms with Gasteiger partial charge >= 0.3 is 0 Å². The molecule has 2 atom stereocenters. The van der Waals surface area contributed by atoms with E-state index in [2.05, 4.69) is 10.0 Å². The minimum absolute atomic E-state index is 0. The second-order valence-corrected chi connectivity index (χ2v) is 6.71. The molecule has 2 rings (SSSR count). The molecule has 1 saturated heterocycles. The quantitative estimate of drug-likeness (QED) is 0.873. The lowest BCUT2D eigenvalue weighted by Crippen LogP contribution is -2.50. The van der Waals surface area contributed by atoms with Gasteiger partial charge in [-0.25, -0.2) is 17.5 Å². The largest absolute Gasteiger partial charge is 0.494 e. The van der Waals surface area contributed by atoms with Gasteiger partial charge in [0.25, 0.3) is 0 Å². The topological polar surface area (TPSA) is 67.4 Å². The van der Waals surface area contributed by atoms with Crippen molar-refractivity contribution in [2.24, 2.45) is 5.92 Å². The summed E-state index contributed by atoms with van der Waals surface area (Å²) >= 11 is 0. The zero-order chi connectivity index (χ0) is 14.8. The van der Waals surface area contributed by atoms with E-state index in [1.54, 1.807) is 0 Å². The molecule has 1 aromatic rings. The lowest BCUT2D eigenvalue weighted by molar-refractivity contribution is 0.327. The van der Waals surface area contributed by atoms with Crippen molar-refractivity contribution < 1.29 is 17.5 Å². The van der Waals surface area contributed by atoms with Crippen molar-refractivity contribution in [3.05, 3.63) is 24.0 Å². The number of methoxy groups -OCH3 is 1. The van der Waals surface area contributed by atoms with Gasteiger partial charge in [-0.3, -0.25) is 0 Å². The van der Waals surface area contributed by atoms with Crippen LogP contribution >= 0.6 is 12.4 Å². The number of nitrogens with one attached hydrogen (secondary N) is 2. The van der Waals surface area contributed by atoms with Gasteiger partial charge in [-0.2, -0.15) is 0 Å². The first-order chi connectivity index (χ1) is 9.44. The maximum absolute atomic E-state index is 13.6. The summed E-state index contributed by atoms with van der Waals surface area (Å²) in [6.45, 7) is 3.47. The van der Waals surface area contributed by atoms with Crippen LogP contribution in [0.15, 0.2) is 23.1 Å². The van der Waals surface area contributed by atoms with Crippen molar-refractivity contribution in [2.75, 3.05) is 20.2 Å².